The number of carbonyl (C=O) groups excluding carboxylic acids is 2. The first kappa shape index (κ1) is 19.9. The molecule has 0 spiro atoms. The predicted octanol–water partition coefficient (Wildman–Crippen LogP) is 0.808. The Hall–Kier alpha value is -3.86. The molecule has 2 aromatic carbocycles. The van der Waals surface area contributed by atoms with Crippen LogP contribution in [0, 0.1) is 0 Å². The van der Waals surface area contributed by atoms with Crippen molar-refractivity contribution in [2.45, 2.75) is 0 Å². The lowest BCUT2D eigenvalue weighted by atomic mass is 9.91. The Kier molecular flexibility index (Phi) is 5.24. The maximum Gasteiger partial charge on any atom is 0.339 e. The normalized spacial score (nSPS) is 15.0. The Morgan fingerprint density at radius 1 is 0.690 bits per heavy atom. The van der Waals surface area contributed by atoms with Crippen LogP contribution in [0.5, 0.6) is 28.7 Å². The Morgan fingerprint density at radius 2 is 1.17 bits per heavy atom. The van der Waals surface area contributed by atoms with Gasteiger partial charge >= 0.3 is 11.9 Å². The van der Waals surface area contributed by atoms with Crippen molar-refractivity contribution in [1.82, 2.24) is 0 Å². The lowest BCUT2D eigenvalue weighted by molar-refractivity contribution is 0.0153. The Balaban J connectivity index is 2.40. The van der Waals surface area contributed by atoms with E-state index in [9.17, 15) is 35.1 Å². The first-order valence-corrected chi connectivity index (χ1v) is 8.28. The molecule has 0 saturated heterocycles. The summed E-state index contributed by atoms with van der Waals surface area (Å²) in [5.74, 6) is -6.81. The highest BCUT2D eigenvalue weighted by atomic mass is 16.6. The second kappa shape index (κ2) is 7.64. The highest BCUT2D eigenvalue weighted by Gasteiger charge is 2.31. The summed E-state index contributed by atoms with van der Waals surface area (Å²) in [5.41, 5.74) is 3.15. The summed E-state index contributed by atoms with van der Waals surface area (Å²) in [6, 6.07) is 1.74. The second-order valence-electron chi connectivity index (χ2n) is 5.99. The van der Waals surface area contributed by atoms with Crippen molar-refractivity contribution in [2.75, 3.05) is 32.2 Å². The standard InChI is InChI=1S/C18H17NO10/c19-9-5-7-11(15(23)13(9)21)12-8(6-10(20)14(22)16(12)24)18(26)29-4-2-27-1-3-28-17(7)25/h5-6,20-24H,1-4,19H2. The minimum absolute atomic E-state index is 0.0159. The van der Waals surface area contributed by atoms with Crippen molar-refractivity contribution in [3.8, 4) is 39.9 Å². The fraction of sp³-hybridized carbons (Fsp3) is 0.222. The summed E-state index contributed by atoms with van der Waals surface area (Å²) in [7, 11) is 0. The third-order valence-corrected chi connectivity index (χ3v) is 4.17. The number of cyclic esters (lactones) is 2. The van der Waals surface area contributed by atoms with Crippen molar-refractivity contribution in [2.24, 2.45) is 0 Å². The van der Waals surface area contributed by atoms with Gasteiger partial charge in [-0.1, -0.05) is 0 Å². The fourth-order valence-electron chi connectivity index (χ4n) is 2.80. The summed E-state index contributed by atoms with van der Waals surface area (Å²) in [6.07, 6.45) is 0. The summed E-state index contributed by atoms with van der Waals surface area (Å²) in [5, 5.41) is 50.6. The van der Waals surface area contributed by atoms with Gasteiger partial charge in [0.2, 0.25) is 5.75 Å². The van der Waals surface area contributed by atoms with Gasteiger partial charge in [0.05, 0.1) is 30.0 Å². The molecule has 11 heteroatoms. The number of aromatic hydroxyl groups is 5. The number of phenolic OH excluding ortho intramolecular Hbond substituents is 5. The minimum Gasteiger partial charge on any atom is -0.504 e. The van der Waals surface area contributed by atoms with Crippen LogP contribution in [-0.2, 0) is 14.2 Å². The molecular weight excluding hydrogens is 390 g/mol. The minimum atomic E-state index is -1.07. The van der Waals surface area contributed by atoms with E-state index in [2.05, 4.69) is 0 Å². The van der Waals surface area contributed by atoms with Crippen LogP contribution in [0.4, 0.5) is 5.69 Å². The molecule has 7 N–H and O–H groups in total. The summed E-state index contributed by atoms with van der Waals surface area (Å²) in [4.78, 5) is 25.1. The highest BCUT2D eigenvalue weighted by Crippen LogP contribution is 2.51. The molecule has 0 saturated carbocycles. The molecule has 3 rings (SSSR count). The molecule has 1 aliphatic heterocycles. The maximum atomic E-state index is 12.5. The average Bonchev–Trinajstić information content (AvgIpc) is 2.69. The van der Waals surface area contributed by atoms with Crippen LogP contribution in [0.3, 0.4) is 0 Å². The van der Waals surface area contributed by atoms with E-state index in [-0.39, 0.29) is 32.1 Å². The zero-order valence-corrected chi connectivity index (χ0v) is 14.8. The average molecular weight is 407 g/mol. The van der Waals surface area contributed by atoms with Crippen molar-refractivity contribution >= 4 is 17.6 Å². The first-order chi connectivity index (χ1) is 13.7. The highest BCUT2D eigenvalue weighted by molar-refractivity contribution is 6.08. The molecule has 0 bridgehead atoms. The lowest BCUT2D eigenvalue weighted by Crippen LogP contribution is -2.14. The van der Waals surface area contributed by atoms with E-state index in [0.29, 0.717) is 0 Å². The van der Waals surface area contributed by atoms with Crippen LogP contribution < -0.4 is 5.73 Å². The molecule has 0 radical (unpaired) electrons. The van der Waals surface area contributed by atoms with Crippen molar-refractivity contribution in [3.63, 3.8) is 0 Å². The number of nitrogen functional groups attached to an aromatic ring is 1. The number of nitrogens with two attached hydrogens (primary N) is 1. The molecule has 0 aromatic heterocycles. The van der Waals surface area contributed by atoms with E-state index in [1.807, 2.05) is 0 Å². The van der Waals surface area contributed by atoms with Gasteiger partial charge in [-0.05, 0) is 12.1 Å². The van der Waals surface area contributed by atoms with Crippen LogP contribution in [-0.4, -0.2) is 63.9 Å². The first-order valence-electron chi connectivity index (χ1n) is 8.28. The molecular formula is C18H17NO10. The molecule has 1 heterocycles. The molecule has 0 unspecified atom stereocenters. The van der Waals surface area contributed by atoms with Crippen molar-refractivity contribution in [1.29, 1.82) is 0 Å². The van der Waals surface area contributed by atoms with Gasteiger partial charge in [-0.3, -0.25) is 0 Å². The number of fused-ring (bicyclic) bond motifs is 3. The molecule has 0 amide bonds. The summed E-state index contributed by atoms with van der Waals surface area (Å²) >= 11 is 0. The van der Waals surface area contributed by atoms with Crippen LogP contribution in [0.25, 0.3) is 11.1 Å². The number of phenols is 5. The topological polar surface area (TPSA) is 189 Å². The Labute approximate surface area is 163 Å². The number of hydrogen-bond acceptors (Lipinski definition) is 11. The van der Waals surface area contributed by atoms with Gasteiger partial charge in [-0.15, -0.1) is 0 Å². The maximum absolute atomic E-state index is 12.5. The molecule has 1 aliphatic rings. The van der Waals surface area contributed by atoms with E-state index in [4.69, 9.17) is 19.9 Å². The zero-order chi connectivity index (χ0) is 21.3. The Bertz CT molecular complexity index is 922. The van der Waals surface area contributed by atoms with Gasteiger partial charge in [-0.25, -0.2) is 9.59 Å². The van der Waals surface area contributed by atoms with Crippen LogP contribution in [0.1, 0.15) is 20.7 Å². The van der Waals surface area contributed by atoms with E-state index in [0.717, 1.165) is 12.1 Å². The number of rotatable bonds is 0. The fourth-order valence-corrected chi connectivity index (χ4v) is 2.80. The van der Waals surface area contributed by atoms with Gasteiger partial charge in [0, 0.05) is 11.1 Å². The summed E-state index contributed by atoms with van der Waals surface area (Å²) < 4.78 is 15.2. The third kappa shape index (κ3) is 3.50. The van der Waals surface area contributed by atoms with E-state index in [1.165, 1.54) is 0 Å². The van der Waals surface area contributed by atoms with Crippen LogP contribution >= 0.6 is 0 Å². The molecule has 2 aromatic rings. The summed E-state index contributed by atoms with van der Waals surface area (Å²) in [6.45, 7) is -0.438. The van der Waals surface area contributed by atoms with Gasteiger partial charge in [0.15, 0.2) is 23.0 Å². The number of benzene rings is 2. The molecule has 0 aliphatic carbocycles. The number of esters is 2. The number of anilines is 1. The monoisotopic (exact) mass is 407 g/mol. The van der Waals surface area contributed by atoms with Gasteiger partial charge in [0.1, 0.15) is 13.2 Å². The molecule has 0 atom stereocenters. The molecule has 154 valence electrons. The quantitative estimate of drug-likeness (QED) is 0.206. The number of ether oxygens (including phenoxy) is 3. The van der Waals surface area contributed by atoms with Crippen molar-refractivity contribution < 1.29 is 49.3 Å². The zero-order valence-electron chi connectivity index (χ0n) is 14.8. The van der Waals surface area contributed by atoms with Crippen molar-refractivity contribution in [3.05, 3.63) is 23.3 Å². The largest absolute Gasteiger partial charge is 0.504 e. The molecule has 29 heavy (non-hydrogen) atoms. The van der Waals surface area contributed by atoms with Crippen LogP contribution in [0.2, 0.25) is 0 Å². The predicted molar refractivity (Wildman–Crippen MR) is 96.0 cm³/mol. The van der Waals surface area contributed by atoms with E-state index < -0.39 is 62.9 Å². The third-order valence-electron chi connectivity index (χ3n) is 4.17. The molecule has 0 fully saturated rings. The van der Waals surface area contributed by atoms with Crippen LogP contribution in [0.15, 0.2) is 12.1 Å². The SMILES string of the molecule is Nc1cc2c(c(O)c1O)-c1c(cc(O)c(O)c1O)C(=O)OCCOCCOC2=O. The van der Waals surface area contributed by atoms with E-state index >= 15 is 0 Å². The van der Waals surface area contributed by atoms with Gasteiger partial charge < -0.3 is 45.5 Å². The number of carbonyl (C=O) groups is 2. The molecule has 11 nitrogen and oxygen atoms in total. The van der Waals surface area contributed by atoms with E-state index in [1.54, 1.807) is 0 Å². The number of hydrogen-bond donors (Lipinski definition) is 6. The smallest absolute Gasteiger partial charge is 0.339 e. The van der Waals surface area contributed by atoms with Gasteiger partial charge in [0.25, 0.3) is 0 Å². The second-order valence-corrected chi connectivity index (χ2v) is 5.99. The Morgan fingerprint density at radius 3 is 1.72 bits per heavy atom. The lowest BCUT2D eigenvalue weighted by Gasteiger charge is -2.18. The van der Waals surface area contributed by atoms with Gasteiger partial charge in [-0.2, -0.15) is 0 Å².